The van der Waals surface area contributed by atoms with Crippen LogP contribution in [0.4, 0.5) is 0 Å². The first-order chi connectivity index (χ1) is 9.46. The van der Waals surface area contributed by atoms with Gasteiger partial charge in [0.1, 0.15) is 5.75 Å². The molecule has 2 rings (SSSR count). The minimum absolute atomic E-state index is 0.0297. The normalized spacial score (nSPS) is 20.6. The van der Waals surface area contributed by atoms with Crippen molar-refractivity contribution in [2.45, 2.75) is 6.04 Å². The summed E-state index contributed by atoms with van der Waals surface area (Å²) < 4.78 is 29.4. The van der Waals surface area contributed by atoms with Crippen LogP contribution in [-0.4, -0.2) is 51.6 Å². The predicted octanol–water partition coefficient (Wildman–Crippen LogP) is 1.19. The van der Waals surface area contributed by atoms with Crippen molar-refractivity contribution in [1.82, 2.24) is 4.90 Å². The highest BCUT2D eigenvalue weighted by atomic mass is 79.9. The maximum Gasteiger partial charge on any atom is 0.152 e. The van der Waals surface area contributed by atoms with Gasteiger partial charge >= 0.3 is 0 Å². The number of benzene rings is 1. The second kappa shape index (κ2) is 6.43. The lowest BCUT2D eigenvalue weighted by Gasteiger charge is -2.34. The summed E-state index contributed by atoms with van der Waals surface area (Å²) in [6, 6.07) is 5.76. The maximum atomic E-state index is 11.5. The van der Waals surface area contributed by atoms with Gasteiger partial charge in [0, 0.05) is 29.7 Å². The molecule has 1 aromatic carbocycles. The highest BCUT2D eigenvalue weighted by molar-refractivity contribution is 9.10. The number of hydrogen-bond donors (Lipinski definition) is 1. The topological polar surface area (TPSA) is 72.6 Å². The molecular formula is C13H19BrN2O3S. The van der Waals surface area contributed by atoms with Crippen LogP contribution in [0.25, 0.3) is 0 Å². The average molecular weight is 363 g/mol. The molecule has 1 aromatic rings. The molecule has 7 heteroatoms. The molecule has 0 bridgehead atoms. The van der Waals surface area contributed by atoms with Crippen LogP contribution in [0, 0.1) is 0 Å². The van der Waals surface area contributed by atoms with Gasteiger partial charge in [-0.3, -0.25) is 4.90 Å². The van der Waals surface area contributed by atoms with Gasteiger partial charge in [0.05, 0.1) is 24.7 Å². The van der Waals surface area contributed by atoms with Crippen LogP contribution in [0.5, 0.6) is 5.75 Å². The van der Waals surface area contributed by atoms with E-state index in [0.29, 0.717) is 19.6 Å². The molecule has 0 spiro atoms. The number of rotatable bonds is 4. The first-order valence-corrected chi connectivity index (χ1v) is 9.06. The van der Waals surface area contributed by atoms with E-state index >= 15 is 0 Å². The molecule has 0 radical (unpaired) electrons. The number of methoxy groups -OCH3 is 1. The van der Waals surface area contributed by atoms with Crippen molar-refractivity contribution >= 4 is 25.8 Å². The van der Waals surface area contributed by atoms with Crippen molar-refractivity contribution in [1.29, 1.82) is 0 Å². The molecule has 1 heterocycles. The zero-order chi connectivity index (χ0) is 14.8. The summed E-state index contributed by atoms with van der Waals surface area (Å²) in [6.45, 7) is 1.45. The number of nitrogens with zero attached hydrogens (tertiary/aromatic N) is 1. The lowest BCUT2D eigenvalue weighted by Crippen LogP contribution is -2.44. The molecule has 0 aliphatic carbocycles. The largest absolute Gasteiger partial charge is 0.496 e. The second-order valence-corrected chi connectivity index (χ2v) is 8.04. The van der Waals surface area contributed by atoms with Crippen molar-refractivity contribution < 1.29 is 13.2 Å². The molecule has 20 heavy (non-hydrogen) atoms. The van der Waals surface area contributed by atoms with E-state index in [-0.39, 0.29) is 17.5 Å². The summed E-state index contributed by atoms with van der Waals surface area (Å²) in [4.78, 5) is 2.12. The van der Waals surface area contributed by atoms with Gasteiger partial charge in [0.15, 0.2) is 9.84 Å². The maximum absolute atomic E-state index is 11.5. The third kappa shape index (κ3) is 3.52. The van der Waals surface area contributed by atoms with Crippen LogP contribution in [0.1, 0.15) is 11.6 Å². The molecule has 1 atom stereocenters. The molecule has 0 aromatic heterocycles. The van der Waals surface area contributed by atoms with Gasteiger partial charge in [0.2, 0.25) is 0 Å². The fourth-order valence-corrected chi connectivity index (χ4v) is 4.08. The van der Waals surface area contributed by atoms with E-state index in [1.807, 2.05) is 18.2 Å². The third-order valence-corrected chi connectivity index (χ3v) is 5.70. The number of sulfone groups is 1. The van der Waals surface area contributed by atoms with E-state index in [2.05, 4.69) is 20.8 Å². The van der Waals surface area contributed by atoms with E-state index in [1.54, 1.807) is 7.11 Å². The van der Waals surface area contributed by atoms with Gasteiger partial charge in [0.25, 0.3) is 0 Å². The summed E-state index contributed by atoms with van der Waals surface area (Å²) >= 11 is 3.45. The quantitative estimate of drug-likeness (QED) is 0.870. The monoisotopic (exact) mass is 362 g/mol. The van der Waals surface area contributed by atoms with Gasteiger partial charge in [-0.1, -0.05) is 15.9 Å². The Kier molecular flexibility index (Phi) is 5.06. The van der Waals surface area contributed by atoms with Gasteiger partial charge in [-0.2, -0.15) is 0 Å². The lowest BCUT2D eigenvalue weighted by molar-refractivity contribution is 0.214. The van der Waals surface area contributed by atoms with E-state index in [9.17, 15) is 8.42 Å². The Bertz CT molecular complexity index is 563. The Morgan fingerprint density at radius 3 is 2.60 bits per heavy atom. The van der Waals surface area contributed by atoms with Gasteiger partial charge in [-0.25, -0.2) is 8.42 Å². The molecule has 0 amide bonds. The molecule has 1 saturated heterocycles. The van der Waals surface area contributed by atoms with Crippen LogP contribution in [0.3, 0.4) is 0 Å². The minimum atomic E-state index is -2.89. The Hall–Kier alpha value is -0.630. The van der Waals surface area contributed by atoms with Crippen LogP contribution in [-0.2, 0) is 9.84 Å². The molecule has 1 unspecified atom stereocenters. The van der Waals surface area contributed by atoms with Gasteiger partial charge in [-0.05, 0) is 18.2 Å². The number of ether oxygens (including phenoxy) is 1. The highest BCUT2D eigenvalue weighted by Gasteiger charge is 2.28. The van der Waals surface area contributed by atoms with Crippen molar-refractivity contribution in [3.05, 3.63) is 28.2 Å². The molecule has 0 saturated carbocycles. The van der Waals surface area contributed by atoms with Crippen molar-refractivity contribution in [3.63, 3.8) is 0 Å². The molecular weight excluding hydrogens is 344 g/mol. The van der Waals surface area contributed by atoms with Crippen molar-refractivity contribution in [2.24, 2.45) is 5.73 Å². The van der Waals surface area contributed by atoms with Crippen molar-refractivity contribution in [2.75, 3.05) is 38.2 Å². The number of nitrogens with two attached hydrogens (primary N) is 1. The molecule has 1 aliphatic heterocycles. The number of hydrogen-bond acceptors (Lipinski definition) is 5. The van der Waals surface area contributed by atoms with Gasteiger partial charge < -0.3 is 10.5 Å². The molecule has 5 nitrogen and oxygen atoms in total. The zero-order valence-corrected chi connectivity index (χ0v) is 13.8. The highest BCUT2D eigenvalue weighted by Crippen LogP contribution is 2.32. The lowest BCUT2D eigenvalue weighted by atomic mass is 10.0. The Morgan fingerprint density at radius 1 is 1.40 bits per heavy atom. The first kappa shape index (κ1) is 15.8. The van der Waals surface area contributed by atoms with E-state index in [0.717, 1.165) is 15.8 Å². The average Bonchev–Trinajstić information content (AvgIpc) is 2.41. The fourth-order valence-electron chi connectivity index (χ4n) is 2.48. The SMILES string of the molecule is COc1ccc(Br)cc1C(CN)N1CCS(=O)(=O)CC1. The summed E-state index contributed by atoms with van der Waals surface area (Å²) in [6.07, 6.45) is 0. The third-order valence-electron chi connectivity index (χ3n) is 3.59. The predicted molar refractivity (Wildman–Crippen MR) is 82.7 cm³/mol. The summed E-state index contributed by atoms with van der Waals surface area (Å²) in [5.74, 6) is 1.16. The van der Waals surface area contributed by atoms with Crippen LogP contribution in [0.15, 0.2) is 22.7 Å². The van der Waals surface area contributed by atoms with Crippen LogP contribution in [0.2, 0.25) is 0 Å². The summed E-state index contributed by atoms with van der Waals surface area (Å²) in [5, 5.41) is 0. The Labute approximate surface area is 128 Å². The van der Waals surface area contributed by atoms with Gasteiger partial charge in [-0.15, -0.1) is 0 Å². The Balaban J connectivity index is 2.26. The van der Waals surface area contributed by atoms with E-state index in [4.69, 9.17) is 10.5 Å². The molecule has 1 fully saturated rings. The minimum Gasteiger partial charge on any atom is -0.496 e. The molecule has 2 N–H and O–H groups in total. The second-order valence-electron chi connectivity index (χ2n) is 4.83. The smallest absolute Gasteiger partial charge is 0.152 e. The first-order valence-electron chi connectivity index (χ1n) is 6.45. The molecule has 1 aliphatic rings. The fraction of sp³-hybridized carbons (Fsp3) is 0.538. The standard InChI is InChI=1S/C13H19BrN2O3S/c1-19-13-3-2-10(14)8-11(13)12(9-15)16-4-6-20(17,18)7-5-16/h2-3,8,12H,4-7,9,15H2,1H3. The van der Waals surface area contributed by atoms with E-state index < -0.39 is 9.84 Å². The molecule has 112 valence electrons. The summed E-state index contributed by atoms with van der Waals surface area (Å²) in [7, 11) is -1.26. The number of halogens is 1. The van der Waals surface area contributed by atoms with Crippen LogP contribution >= 0.6 is 15.9 Å². The van der Waals surface area contributed by atoms with Crippen molar-refractivity contribution in [3.8, 4) is 5.75 Å². The van der Waals surface area contributed by atoms with Crippen LogP contribution < -0.4 is 10.5 Å². The zero-order valence-electron chi connectivity index (χ0n) is 11.4. The Morgan fingerprint density at radius 2 is 2.05 bits per heavy atom. The summed E-state index contributed by atoms with van der Waals surface area (Å²) in [5.41, 5.74) is 6.90. The van der Waals surface area contributed by atoms with E-state index in [1.165, 1.54) is 0 Å².